The first kappa shape index (κ1) is 20.2. The monoisotopic (exact) mass is 408 g/mol. The Morgan fingerprint density at radius 1 is 1.13 bits per heavy atom. The van der Waals surface area contributed by atoms with E-state index in [2.05, 4.69) is 20.4 Å². The highest BCUT2D eigenvalue weighted by atomic mass is 19.1. The van der Waals surface area contributed by atoms with E-state index >= 15 is 0 Å². The molecule has 2 aromatic heterocycles. The van der Waals surface area contributed by atoms with Gasteiger partial charge in [0.2, 0.25) is 5.91 Å². The summed E-state index contributed by atoms with van der Waals surface area (Å²) in [7, 11) is 0. The second-order valence-corrected chi connectivity index (χ2v) is 7.81. The normalized spacial score (nSPS) is 13.6. The molecule has 0 atom stereocenters. The molecule has 1 saturated carbocycles. The molecule has 1 aliphatic rings. The molecule has 1 amide bonds. The topological polar surface area (TPSA) is 75.9 Å². The van der Waals surface area contributed by atoms with Crippen molar-refractivity contribution >= 4 is 11.7 Å². The molecule has 2 heterocycles. The first-order valence-corrected chi connectivity index (χ1v) is 10.1. The molecule has 7 nitrogen and oxygen atoms in total. The first-order valence-electron chi connectivity index (χ1n) is 10.1. The van der Waals surface area contributed by atoms with Crippen molar-refractivity contribution in [2.24, 2.45) is 0 Å². The van der Waals surface area contributed by atoms with Crippen LogP contribution in [0.1, 0.15) is 35.5 Å². The van der Waals surface area contributed by atoms with Gasteiger partial charge in [-0.1, -0.05) is 18.2 Å². The SMILES string of the molecule is Cc1cc(C)nc(-n2nc(C)cc2NC(=O)CN(Cc2ccccc2F)C2CC2)n1. The van der Waals surface area contributed by atoms with Crippen molar-refractivity contribution in [1.82, 2.24) is 24.6 Å². The summed E-state index contributed by atoms with van der Waals surface area (Å²) in [5.41, 5.74) is 3.00. The van der Waals surface area contributed by atoms with Gasteiger partial charge in [0, 0.05) is 35.6 Å². The summed E-state index contributed by atoms with van der Waals surface area (Å²) < 4.78 is 15.6. The van der Waals surface area contributed by atoms with Gasteiger partial charge in [0.05, 0.1) is 12.2 Å². The van der Waals surface area contributed by atoms with Gasteiger partial charge in [0.15, 0.2) is 0 Å². The third-order valence-corrected chi connectivity index (χ3v) is 5.00. The highest BCUT2D eigenvalue weighted by Gasteiger charge is 2.31. The molecule has 8 heteroatoms. The van der Waals surface area contributed by atoms with Crippen molar-refractivity contribution in [3.05, 3.63) is 64.9 Å². The summed E-state index contributed by atoms with van der Waals surface area (Å²) in [6, 6.07) is 10.7. The molecular formula is C22H25FN6O. The Hall–Kier alpha value is -3.13. The molecule has 1 aliphatic carbocycles. The molecule has 3 aromatic rings. The summed E-state index contributed by atoms with van der Waals surface area (Å²) in [5.74, 6) is 0.512. The van der Waals surface area contributed by atoms with Gasteiger partial charge in [-0.25, -0.2) is 14.4 Å². The zero-order chi connectivity index (χ0) is 21.3. The molecule has 0 radical (unpaired) electrons. The summed E-state index contributed by atoms with van der Waals surface area (Å²) in [5, 5.41) is 7.36. The number of nitrogens with zero attached hydrogens (tertiary/aromatic N) is 5. The molecule has 0 bridgehead atoms. The fourth-order valence-corrected chi connectivity index (χ4v) is 3.51. The van der Waals surface area contributed by atoms with E-state index in [1.54, 1.807) is 22.9 Å². The molecule has 1 aromatic carbocycles. The second kappa shape index (κ2) is 8.31. The summed E-state index contributed by atoms with van der Waals surface area (Å²) in [6.45, 7) is 6.22. The van der Waals surface area contributed by atoms with Crippen LogP contribution in [0.2, 0.25) is 0 Å². The molecule has 0 aliphatic heterocycles. The van der Waals surface area contributed by atoms with E-state index in [0.29, 0.717) is 29.9 Å². The largest absolute Gasteiger partial charge is 0.309 e. The van der Waals surface area contributed by atoms with E-state index in [1.165, 1.54) is 6.07 Å². The molecule has 4 rings (SSSR count). The van der Waals surface area contributed by atoms with Crippen molar-refractivity contribution in [3.63, 3.8) is 0 Å². The maximum absolute atomic E-state index is 14.1. The van der Waals surface area contributed by atoms with Crippen LogP contribution in [-0.2, 0) is 11.3 Å². The maximum atomic E-state index is 14.1. The van der Waals surface area contributed by atoms with Gasteiger partial charge in [0.25, 0.3) is 5.95 Å². The van der Waals surface area contributed by atoms with Crippen molar-refractivity contribution in [3.8, 4) is 5.95 Å². The molecule has 0 saturated heterocycles. The zero-order valence-electron chi connectivity index (χ0n) is 17.4. The third-order valence-electron chi connectivity index (χ3n) is 5.00. The average molecular weight is 408 g/mol. The molecule has 30 heavy (non-hydrogen) atoms. The zero-order valence-corrected chi connectivity index (χ0v) is 17.4. The number of halogens is 1. The third kappa shape index (κ3) is 4.71. The Morgan fingerprint density at radius 2 is 1.83 bits per heavy atom. The summed E-state index contributed by atoms with van der Waals surface area (Å²) >= 11 is 0. The molecular weight excluding hydrogens is 383 g/mol. The van der Waals surface area contributed by atoms with Gasteiger partial charge in [-0.3, -0.25) is 9.69 Å². The van der Waals surface area contributed by atoms with Gasteiger partial charge in [-0.05, 0) is 45.7 Å². The molecule has 1 N–H and O–H groups in total. The predicted molar refractivity (Wildman–Crippen MR) is 112 cm³/mol. The van der Waals surface area contributed by atoms with Crippen LogP contribution < -0.4 is 5.32 Å². The molecule has 0 unspecified atom stereocenters. The number of hydrogen-bond donors (Lipinski definition) is 1. The second-order valence-electron chi connectivity index (χ2n) is 7.81. The highest BCUT2D eigenvalue weighted by Crippen LogP contribution is 2.28. The first-order chi connectivity index (χ1) is 14.4. The number of aryl methyl sites for hydroxylation is 3. The van der Waals surface area contributed by atoms with E-state index in [1.807, 2.05) is 37.8 Å². The minimum absolute atomic E-state index is 0.177. The lowest BCUT2D eigenvalue weighted by Gasteiger charge is -2.21. The van der Waals surface area contributed by atoms with E-state index in [9.17, 15) is 9.18 Å². The van der Waals surface area contributed by atoms with Crippen LogP contribution in [0.25, 0.3) is 5.95 Å². The number of hydrogen-bond acceptors (Lipinski definition) is 5. The fraction of sp³-hybridized carbons (Fsp3) is 0.364. The number of carbonyl (C=O) groups excluding carboxylic acids is 1. The Bertz CT molecular complexity index is 1050. The predicted octanol–water partition coefficient (Wildman–Crippen LogP) is 3.33. The lowest BCUT2D eigenvalue weighted by atomic mass is 10.2. The van der Waals surface area contributed by atoms with Crippen LogP contribution in [0, 0.1) is 26.6 Å². The lowest BCUT2D eigenvalue weighted by molar-refractivity contribution is -0.117. The number of amides is 1. The minimum atomic E-state index is -0.246. The number of nitrogens with one attached hydrogen (secondary N) is 1. The van der Waals surface area contributed by atoms with Crippen LogP contribution in [-0.4, -0.2) is 43.1 Å². The van der Waals surface area contributed by atoms with Gasteiger partial charge in [-0.15, -0.1) is 0 Å². The molecule has 156 valence electrons. The van der Waals surface area contributed by atoms with Crippen LogP contribution in [0.4, 0.5) is 10.2 Å². The van der Waals surface area contributed by atoms with Crippen LogP contribution in [0.5, 0.6) is 0 Å². The highest BCUT2D eigenvalue weighted by molar-refractivity contribution is 5.91. The van der Waals surface area contributed by atoms with E-state index in [0.717, 1.165) is 29.9 Å². The van der Waals surface area contributed by atoms with Crippen molar-refractivity contribution < 1.29 is 9.18 Å². The minimum Gasteiger partial charge on any atom is -0.309 e. The quantitative estimate of drug-likeness (QED) is 0.649. The van der Waals surface area contributed by atoms with E-state index < -0.39 is 0 Å². The smallest absolute Gasteiger partial charge is 0.252 e. The van der Waals surface area contributed by atoms with Crippen LogP contribution >= 0.6 is 0 Å². The van der Waals surface area contributed by atoms with Crippen LogP contribution in [0.3, 0.4) is 0 Å². The van der Waals surface area contributed by atoms with Crippen molar-refractivity contribution in [2.75, 3.05) is 11.9 Å². The number of aromatic nitrogens is 4. The summed E-state index contributed by atoms with van der Waals surface area (Å²) in [4.78, 5) is 23.7. The average Bonchev–Trinajstić information content (AvgIpc) is 3.45. The molecule has 1 fully saturated rings. The van der Waals surface area contributed by atoms with Gasteiger partial charge >= 0.3 is 0 Å². The standard InChI is InChI=1S/C22H25FN6O/c1-14-10-15(2)25-22(24-14)29-20(11-16(3)27-29)26-21(30)13-28(18-8-9-18)12-17-6-4-5-7-19(17)23/h4-7,10-11,18H,8-9,12-13H2,1-3H3,(H,26,30). The van der Waals surface area contributed by atoms with Gasteiger partial charge < -0.3 is 5.32 Å². The number of carbonyl (C=O) groups is 1. The number of anilines is 1. The number of rotatable bonds is 7. The van der Waals surface area contributed by atoms with E-state index in [-0.39, 0.29) is 18.3 Å². The van der Waals surface area contributed by atoms with Crippen LogP contribution in [0.15, 0.2) is 36.4 Å². The number of benzene rings is 1. The van der Waals surface area contributed by atoms with Crippen molar-refractivity contribution in [1.29, 1.82) is 0 Å². The van der Waals surface area contributed by atoms with Gasteiger partial charge in [-0.2, -0.15) is 9.78 Å². The van der Waals surface area contributed by atoms with E-state index in [4.69, 9.17) is 0 Å². The van der Waals surface area contributed by atoms with Crippen molar-refractivity contribution in [2.45, 2.75) is 46.2 Å². The molecule has 0 spiro atoms. The lowest BCUT2D eigenvalue weighted by Crippen LogP contribution is -2.35. The van der Waals surface area contributed by atoms with Gasteiger partial charge in [0.1, 0.15) is 11.6 Å². The maximum Gasteiger partial charge on any atom is 0.252 e. The Kier molecular flexibility index (Phi) is 5.59. The Morgan fingerprint density at radius 3 is 2.50 bits per heavy atom. The Labute approximate surface area is 175 Å². The Balaban J connectivity index is 1.50. The fourth-order valence-electron chi connectivity index (χ4n) is 3.51. The summed E-state index contributed by atoms with van der Waals surface area (Å²) in [6.07, 6.45) is 2.05.